The molecule has 0 bridgehead atoms. The molecule has 0 amide bonds. The van der Waals surface area contributed by atoms with E-state index in [2.05, 4.69) is 117 Å². The van der Waals surface area contributed by atoms with Crippen molar-refractivity contribution < 1.29 is 9.47 Å². The maximum Gasteiger partial charge on any atom is 0.178 e. The molecule has 2 aliphatic rings. The molecule has 1 aliphatic carbocycles. The summed E-state index contributed by atoms with van der Waals surface area (Å²) in [6.07, 6.45) is 0. The second-order valence-corrected chi connectivity index (χ2v) is 13.7. The van der Waals surface area contributed by atoms with Crippen LogP contribution >= 0.6 is 0 Å². The number of rotatable bonds is 4. The molecular weight excluding hydrogens is 627 g/mol. The number of hydrogen-bond donors (Lipinski definition) is 0. The predicted octanol–water partition coefficient (Wildman–Crippen LogP) is 11.9. The Labute approximate surface area is 295 Å². The van der Waals surface area contributed by atoms with E-state index < -0.39 is 0 Å². The fourth-order valence-corrected chi connectivity index (χ4v) is 7.50. The van der Waals surface area contributed by atoms with E-state index in [1.165, 1.54) is 22.1 Å². The van der Waals surface area contributed by atoms with Crippen molar-refractivity contribution in [2.45, 2.75) is 19.3 Å². The molecule has 0 N–H and O–H groups in total. The van der Waals surface area contributed by atoms with Gasteiger partial charge in [-0.25, -0.2) is 15.0 Å². The SMILES string of the molecule is CC1(C)c2ccccc2-c2c1ccc1c2Oc2cc(-c3ccc(-c4nc(-c5ccccc5)nc(-c5ccc6ccccc6c5)n4)cc3)ccc2O1. The van der Waals surface area contributed by atoms with Gasteiger partial charge in [-0.15, -0.1) is 0 Å². The molecular formula is C46H31N3O2. The molecule has 1 aromatic heterocycles. The molecule has 0 atom stereocenters. The highest BCUT2D eigenvalue weighted by Crippen LogP contribution is 2.58. The summed E-state index contributed by atoms with van der Waals surface area (Å²) in [7, 11) is 0. The first-order valence-electron chi connectivity index (χ1n) is 17.2. The number of benzene rings is 7. The summed E-state index contributed by atoms with van der Waals surface area (Å²) in [5.41, 5.74) is 9.61. The van der Waals surface area contributed by atoms with Crippen molar-refractivity contribution in [2.24, 2.45) is 0 Å². The quantitative estimate of drug-likeness (QED) is 0.188. The van der Waals surface area contributed by atoms with E-state index in [1.807, 2.05) is 48.5 Å². The lowest BCUT2D eigenvalue weighted by Crippen LogP contribution is -2.15. The van der Waals surface area contributed by atoms with Gasteiger partial charge in [-0.05, 0) is 62.9 Å². The van der Waals surface area contributed by atoms with Gasteiger partial charge in [0, 0.05) is 27.7 Å². The minimum Gasteiger partial charge on any atom is -0.449 e. The minimum absolute atomic E-state index is 0.120. The zero-order chi connectivity index (χ0) is 34.1. The van der Waals surface area contributed by atoms with E-state index in [0.717, 1.165) is 50.3 Å². The van der Waals surface area contributed by atoms with E-state index in [4.69, 9.17) is 24.4 Å². The molecule has 5 heteroatoms. The van der Waals surface area contributed by atoms with Crippen LogP contribution in [-0.4, -0.2) is 15.0 Å². The van der Waals surface area contributed by atoms with Gasteiger partial charge >= 0.3 is 0 Å². The summed E-state index contributed by atoms with van der Waals surface area (Å²) >= 11 is 0. The molecule has 10 rings (SSSR count). The largest absolute Gasteiger partial charge is 0.449 e. The van der Waals surface area contributed by atoms with Gasteiger partial charge in [-0.1, -0.05) is 141 Å². The molecule has 0 spiro atoms. The van der Waals surface area contributed by atoms with Gasteiger partial charge < -0.3 is 9.47 Å². The van der Waals surface area contributed by atoms with Gasteiger partial charge in [0.15, 0.2) is 40.5 Å². The second-order valence-electron chi connectivity index (χ2n) is 13.7. The number of hydrogen-bond acceptors (Lipinski definition) is 5. The first-order chi connectivity index (χ1) is 25.0. The second kappa shape index (κ2) is 11.2. The Bertz CT molecular complexity index is 2670. The Kier molecular flexibility index (Phi) is 6.46. The molecule has 2 heterocycles. The van der Waals surface area contributed by atoms with Crippen molar-refractivity contribution in [2.75, 3.05) is 0 Å². The Balaban J connectivity index is 1.00. The number of fused-ring (bicyclic) bond motifs is 7. The van der Waals surface area contributed by atoms with Crippen LogP contribution < -0.4 is 9.47 Å². The lowest BCUT2D eigenvalue weighted by atomic mass is 9.82. The van der Waals surface area contributed by atoms with E-state index in [1.54, 1.807) is 0 Å². The van der Waals surface area contributed by atoms with Gasteiger partial charge in [0.05, 0.1) is 0 Å². The van der Waals surface area contributed by atoms with Crippen LogP contribution in [0.15, 0.2) is 152 Å². The molecule has 1 aliphatic heterocycles. The van der Waals surface area contributed by atoms with Crippen molar-refractivity contribution in [3.8, 4) is 79.4 Å². The number of nitrogens with zero attached hydrogens (tertiary/aromatic N) is 3. The normalized spacial score (nSPS) is 13.4. The van der Waals surface area contributed by atoms with E-state index >= 15 is 0 Å². The molecule has 0 radical (unpaired) electrons. The first-order valence-corrected chi connectivity index (χ1v) is 17.2. The Morgan fingerprint density at radius 3 is 1.82 bits per heavy atom. The van der Waals surface area contributed by atoms with Gasteiger partial charge in [0.25, 0.3) is 0 Å². The molecule has 7 aromatic carbocycles. The molecule has 5 nitrogen and oxygen atoms in total. The highest BCUT2D eigenvalue weighted by molar-refractivity contribution is 5.89. The van der Waals surface area contributed by atoms with Crippen LogP contribution in [0, 0.1) is 0 Å². The van der Waals surface area contributed by atoms with E-state index in [-0.39, 0.29) is 5.41 Å². The van der Waals surface area contributed by atoms with Crippen molar-refractivity contribution in [1.82, 2.24) is 15.0 Å². The average molecular weight is 658 g/mol. The molecule has 0 fully saturated rings. The average Bonchev–Trinajstić information content (AvgIpc) is 3.43. The van der Waals surface area contributed by atoms with Gasteiger partial charge in [-0.2, -0.15) is 0 Å². The smallest absolute Gasteiger partial charge is 0.178 e. The zero-order valence-electron chi connectivity index (χ0n) is 28.1. The Morgan fingerprint density at radius 2 is 1.02 bits per heavy atom. The zero-order valence-corrected chi connectivity index (χ0v) is 28.1. The van der Waals surface area contributed by atoms with Crippen LogP contribution in [0.1, 0.15) is 25.0 Å². The summed E-state index contributed by atoms with van der Waals surface area (Å²) in [6, 6.07) is 52.0. The Hall–Kier alpha value is -6.59. The lowest BCUT2D eigenvalue weighted by molar-refractivity contribution is 0.360. The monoisotopic (exact) mass is 657 g/mol. The van der Waals surface area contributed by atoms with E-state index in [9.17, 15) is 0 Å². The predicted molar refractivity (Wildman–Crippen MR) is 203 cm³/mol. The maximum atomic E-state index is 6.71. The lowest BCUT2D eigenvalue weighted by Gasteiger charge is -2.25. The van der Waals surface area contributed by atoms with Crippen molar-refractivity contribution in [3.63, 3.8) is 0 Å². The molecule has 0 saturated heterocycles. The van der Waals surface area contributed by atoms with Crippen LogP contribution in [0.25, 0.3) is 67.2 Å². The molecule has 8 aromatic rings. The first kappa shape index (κ1) is 29.3. The fourth-order valence-electron chi connectivity index (χ4n) is 7.50. The van der Waals surface area contributed by atoms with Crippen LogP contribution in [0.4, 0.5) is 0 Å². The highest BCUT2D eigenvalue weighted by Gasteiger charge is 2.39. The summed E-state index contributed by atoms with van der Waals surface area (Å²) in [5.74, 6) is 4.81. The highest BCUT2D eigenvalue weighted by atomic mass is 16.6. The summed E-state index contributed by atoms with van der Waals surface area (Å²) in [5, 5.41) is 2.32. The third kappa shape index (κ3) is 4.81. The topological polar surface area (TPSA) is 57.1 Å². The van der Waals surface area contributed by atoms with Gasteiger partial charge in [0.1, 0.15) is 0 Å². The van der Waals surface area contributed by atoms with Crippen LogP contribution in [0.2, 0.25) is 0 Å². The van der Waals surface area contributed by atoms with Crippen LogP contribution in [-0.2, 0) is 5.41 Å². The Morgan fingerprint density at radius 1 is 0.412 bits per heavy atom. The van der Waals surface area contributed by atoms with E-state index in [0.29, 0.717) is 29.0 Å². The van der Waals surface area contributed by atoms with Crippen LogP contribution in [0.3, 0.4) is 0 Å². The standard InChI is InChI=1S/C46H31N3O2/c1-46(2)36-15-9-8-14-35(36)41-37(46)23-25-39-42(41)51-40-27-33(22-24-38(40)50-39)29-16-19-31(20-17-29)44-47-43(30-11-4-3-5-12-30)48-45(49-44)34-21-18-28-10-6-7-13-32(28)26-34/h3-27H,1-2H3. The molecule has 0 unspecified atom stereocenters. The summed E-state index contributed by atoms with van der Waals surface area (Å²) in [4.78, 5) is 14.8. The van der Waals surface area contributed by atoms with Gasteiger partial charge in [0.2, 0.25) is 0 Å². The number of ether oxygens (including phenoxy) is 2. The van der Waals surface area contributed by atoms with Crippen molar-refractivity contribution in [1.29, 1.82) is 0 Å². The summed E-state index contributed by atoms with van der Waals surface area (Å²) in [6.45, 7) is 4.54. The van der Waals surface area contributed by atoms with Crippen LogP contribution in [0.5, 0.6) is 23.0 Å². The molecule has 242 valence electrons. The van der Waals surface area contributed by atoms with Crippen molar-refractivity contribution in [3.05, 3.63) is 163 Å². The summed E-state index contributed by atoms with van der Waals surface area (Å²) < 4.78 is 13.1. The minimum atomic E-state index is -0.120. The third-order valence-corrected chi connectivity index (χ3v) is 10.2. The van der Waals surface area contributed by atoms with Crippen molar-refractivity contribution >= 4 is 10.8 Å². The number of aromatic nitrogens is 3. The third-order valence-electron chi connectivity index (χ3n) is 10.2. The van der Waals surface area contributed by atoms with Gasteiger partial charge in [-0.3, -0.25) is 0 Å². The molecule has 51 heavy (non-hydrogen) atoms. The molecule has 0 saturated carbocycles. The maximum absolute atomic E-state index is 6.71. The fraction of sp³-hybridized carbons (Fsp3) is 0.0652.